The van der Waals surface area contributed by atoms with Crippen molar-refractivity contribution in [3.63, 3.8) is 0 Å². The maximum atomic E-state index is 13.2. The van der Waals surface area contributed by atoms with Gasteiger partial charge in [-0.1, -0.05) is 12.1 Å². The van der Waals surface area contributed by atoms with E-state index in [9.17, 15) is 4.79 Å². The third-order valence-corrected chi connectivity index (χ3v) is 5.93. The highest BCUT2D eigenvalue weighted by molar-refractivity contribution is 5.91. The summed E-state index contributed by atoms with van der Waals surface area (Å²) in [5.41, 5.74) is 2.04. The second kappa shape index (κ2) is 12.1. The molecule has 1 N–H and O–H groups in total. The van der Waals surface area contributed by atoms with E-state index in [1.165, 1.54) is 21.3 Å². The maximum Gasteiger partial charge on any atom is 0.291 e. The maximum absolute atomic E-state index is 13.2. The molecule has 0 saturated carbocycles. The first-order valence-electron chi connectivity index (χ1n) is 11.9. The number of nitrogens with zero attached hydrogens (tertiary/aromatic N) is 3. The lowest BCUT2D eigenvalue weighted by Crippen LogP contribution is -2.24. The monoisotopic (exact) mass is 534 g/mol. The SMILES string of the molecule is COc1cccc(CNC(=O)c2nc(-c3cc(OC)c(OC)c(OC)c3)n(-c3ccc(OC)c(OC)c3)n2)c1. The van der Waals surface area contributed by atoms with Crippen LogP contribution in [-0.4, -0.2) is 63.3 Å². The Labute approximate surface area is 226 Å². The van der Waals surface area contributed by atoms with Gasteiger partial charge in [0.1, 0.15) is 5.75 Å². The minimum Gasteiger partial charge on any atom is -0.497 e. The fraction of sp³-hybridized carbons (Fsp3) is 0.250. The number of ether oxygens (including phenoxy) is 6. The van der Waals surface area contributed by atoms with E-state index >= 15 is 0 Å². The molecule has 0 aliphatic heterocycles. The lowest BCUT2D eigenvalue weighted by atomic mass is 10.1. The minimum absolute atomic E-state index is 0.0311. The zero-order chi connectivity index (χ0) is 27.9. The Kier molecular flexibility index (Phi) is 8.40. The number of aromatic nitrogens is 3. The van der Waals surface area contributed by atoms with Crippen LogP contribution in [0.4, 0.5) is 0 Å². The van der Waals surface area contributed by atoms with E-state index in [1.807, 2.05) is 24.3 Å². The molecule has 1 amide bonds. The average Bonchev–Trinajstić information content (AvgIpc) is 3.44. The number of carbonyl (C=O) groups is 1. The van der Waals surface area contributed by atoms with E-state index < -0.39 is 5.91 Å². The van der Waals surface area contributed by atoms with Crippen molar-refractivity contribution in [2.75, 3.05) is 42.7 Å². The van der Waals surface area contributed by atoms with Gasteiger partial charge in [-0.3, -0.25) is 4.79 Å². The Morgan fingerprint density at radius 2 is 1.46 bits per heavy atom. The molecule has 39 heavy (non-hydrogen) atoms. The van der Waals surface area contributed by atoms with Crippen molar-refractivity contribution in [1.29, 1.82) is 0 Å². The third-order valence-electron chi connectivity index (χ3n) is 5.93. The number of rotatable bonds is 11. The Bertz CT molecular complexity index is 1440. The van der Waals surface area contributed by atoms with Gasteiger partial charge >= 0.3 is 0 Å². The van der Waals surface area contributed by atoms with Crippen molar-refractivity contribution in [3.8, 4) is 51.6 Å². The average molecular weight is 535 g/mol. The van der Waals surface area contributed by atoms with Gasteiger partial charge in [-0.05, 0) is 42.0 Å². The summed E-state index contributed by atoms with van der Waals surface area (Å²) in [5.74, 6) is 2.91. The van der Waals surface area contributed by atoms with Crippen molar-refractivity contribution in [2.45, 2.75) is 6.54 Å². The van der Waals surface area contributed by atoms with Crippen molar-refractivity contribution in [1.82, 2.24) is 20.1 Å². The first-order valence-corrected chi connectivity index (χ1v) is 11.9. The molecule has 11 nitrogen and oxygen atoms in total. The van der Waals surface area contributed by atoms with Crippen LogP contribution in [0.5, 0.6) is 34.5 Å². The molecule has 0 bridgehead atoms. The van der Waals surface area contributed by atoms with Crippen LogP contribution in [0.25, 0.3) is 17.1 Å². The van der Waals surface area contributed by atoms with Gasteiger partial charge in [0.2, 0.25) is 11.6 Å². The molecule has 0 atom stereocenters. The fourth-order valence-electron chi connectivity index (χ4n) is 3.99. The smallest absolute Gasteiger partial charge is 0.291 e. The molecule has 4 aromatic rings. The normalized spacial score (nSPS) is 10.5. The van der Waals surface area contributed by atoms with Gasteiger partial charge in [0, 0.05) is 18.2 Å². The lowest BCUT2D eigenvalue weighted by Gasteiger charge is -2.15. The van der Waals surface area contributed by atoms with Gasteiger partial charge in [0.15, 0.2) is 28.8 Å². The third kappa shape index (κ3) is 5.66. The molecule has 1 aromatic heterocycles. The summed E-state index contributed by atoms with van der Waals surface area (Å²) < 4.78 is 34.2. The van der Waals surface area contributed by atoms with E-state index in [0.29, 0.717) is 51.6 Å². The second-order valence-electron chi connectivity index (χ2n) is 8.16. The summed E-state index contributed by atoms with van der Waals surface area (Å²) in [6.07, 6.45) is 0. The van der Waals surface area contributed by atoms with Crippen LogP contribution >= 0.6 is 0 Å². The summed E-state index contributed by atoms with van der Waals surface area (Å²) in [4.78, 5) is 17.8. The zero-order valence-electron chi connectivity index (χ0n) is 22.6. The van der Waals surface area contributed by atoms with E-state index in [-0.39, 0.29) is 12.4 Å². The second-order valence-corrected chi connectivity index (χ2v) is 8.16. The van der Waals surface area contributed by atoms with Crippen LogP contribution in [-0.2, 0) is 6.54 Å². The van der Waals surface area contributed by atoms with Gasteiger partial charge in [0.05, 0.1) is 48.3 Å². The van der Waals surface area contributed by atoms with Gasteiger partial charge in [-0.2, -0.15) is 0 Å². The first-order chi connectivity index (χ1) is 19.0. The number of hydrogen-bond donors (Lipinski definition) is 1. The first kappa shape index (κ1) is 27.1. The molecule has 1 heterocycles. The van der Waals surface area contributed by atoms with Crippen LogP contribution in [0.15, 0.2) is 54.6 Å². The summed E-state index contributed by atoms with van der Waals surface area (Å²) >= 11 is 0. The van der Waals surface area contributed by atoms with Crippen molar-refractivity contribution in [2.24, 2.45) is 0 Å². The standard InChI is InChI=1S/C28H30N4O7/c1-34-20-9-7-8-17(12-20)16-29-28(33)26-30-27(18-13-23(37-4)25(39-6)24(14-18)38-5)32(31-26)19-10-11-21(35-2)22(15-19)36-3/h7-15H,16H2,1-6H3,(H,29,33). The van der Waals surface area contributed by atoms with E-state index in [1.54, 1.807) is 56.3 Å². The molecule has 0 radical (unpaired) electrons. The molecular formula is C28H30N4O7. The topological polar surface area (TPSA) is 115 Å². The van der Waals surface area contributed by atoms with Crippen molar-refractivity contribution >= 4 is 5.91 Å². The number of nitrogens with one attached hydrogen (secondary N) is 1. The molecule has 0 fully saturated rings. The zero-order valence-corrected chi connectivity index (χ0v) is 22.6. The number of benzene rings is 3. The number of amides is 1. The van der Waals surface area contributed by atoms with Gasteiger partial charge in [-0.25, -0.2) is 9.67 Å². The van der Waals surface area contributed by atoms with Gasteiger partial charge < -0.3 is 33.7 Å². The summed E-state index contributed by atoms with van der Waals surface area (Å²) in [7, 11) is 9.26. The van der Waals surface area contributed by atoms with E-state index in [4.69, 9.17) is 28.4 Å². The Morgan fingerprint density at radius 1 is 0.769 bits per heavy atom. The molecular weight excluding hydrogens is 504 g/mol. The molecule has 11 heteroatoms. The van der Waals surface area contributed by atoms with Crippen LogP contribution in [0.2, 0.25) is 0 Å². The Morgan fingerprint density at radius 3 is 2.08 bits per heavy atom. The van der Waals surface area contributed by atoms with E-state index in [2.05, 4.69) is 15.4 Å². The van der Waals surface area contributed by atoms with Crippen molar-refractivity contribution < 1.29 is 33.2 Å². The van der Waals surface area contributed by atoms with E-state index in [0.717, 1.165) is 5.56 Å². The molecule has 4 rings (SSSR count). The minimum atomic E-state index is -0.453. The lowest BCUT2D eigenvalue weighted by molar-refractivity contribution is 0.0940. The van der Waals surface area contributed by atoms with Crippen LogP contribution in [0, 0.1) is 0 Å². The summed E-state index contributed by atoms with van der Waals surface area (Å²) in [6, 6.07) is 16.2. The van der Waals surface area contributed by atoms with Crippen molar-refractivity contribution in [3.05, 3.63) is 66.0 Å². The Hall–Kier alpha value is -4.93. The van der Waals surface area contributed by atoms with Gasteiger partial charge in [0.25, 0.3) is 5.91 Å². The van der Waals surface area contributed by atoms with Crippen LogP contribution < -0.4 is 33.7 Å². The predicted octanol–water partition coefficient (Wildman–Crippen LogP) is 3.92. The molecule has 0 saturated heterocycles. The van der Waals surface area contributed by atoms with Crippen LogP contribution in [0.3, 0.4) is 0 Å². The number of carbonyl (C=O) groups excluding carboxylic acids is 1. The predicted molar refractivity (Wildman–Crippen MR) is 144 cm³/mol. The molecule has 0 aliphatic rings. The summed E-state index contributed by atoms with van der Waals surface area (Å²) in [5, 5.41) is 7.41. The highest BCUT2D eigenvalue weighted by Crippen LogP contribution is 2.41. The highest BCUT2D eigenvalue weighted by Gasteiger charge is 2.23. The van der Waals surface area contributed by atoms with Gasteiger partial charge in [-0.15, -0.1) is 5.10 Å². The van der Waals surface area contributed by atoms with Crippen LogP contribution in [0.1, 0.15) is 16.2 Å². The molecule has 3 aromatic carbocycles. The quantitative estimate of drug-likeness (QED) is 0.306. The molecule has 0 aliphatic carbocycles. The largest absolute Gasteiger partial charge is 0.497 e. The Balaban J connectivity index is 1.79. The molecule has 0 unspecified atom stereocenters. The number of hydrogen-bond acceptors (Lipinski definition) is 9. The summed E-state index contributed by atoms with van der Waals surface area (Å²) in [6.45, 7) is 0.264. The number of methoxy groups -OCH3 is 6. The molecule has 204 valence electrons. The fourth-order valence-corrected chi connectivity index (χ4v) is 3.99. The molecule has 0 spiro atoms. The highest BCUT2D eigenvalue weighted by atomic mass is 16.5.